The van der Waals surface area contributed by atoms with Gasteiger partial charge in [-0.3, -0.25) is 9.80 Å². The van der Waals surface area contributed by atoms with E-state index < -0.39 is 0 Å². The molecule has 0 saturated carbocycles. The van der Waals surface area contributed by atoms with Gasteiger partial charge in [0.2, 0.25) is 0 Å². The van der Waals surface area contributed by atoms with Crippen LogP contribution in [0.2, 0.25) is 0 Å². The number of likely N-dealkylation sites (N-methyl/N-ethyl adjacent to an activating group) is 1. The van der Waals surface area contributed by atoms with Crippen LogP contribution >= 0.6 is 0 Å². The first-order valence-corrected chi connectivity index (χ1v) is 6.38. The molecule has 0 fully saturated rings. The van der Waals surface area contributed by atoms with Gasteiger partial charge in [-0.25, -0.2) is 0 Å². The van der Waals surface area contributed by atoms with E-state index in [2.05, 4.69) is 4.90 Å². The molecule has 0 saturated heterocycles. The molecular weight excluding hydrogens is 232 g/mol. The second-order valence-electron chi connectivity index (χ2n) is 4.28. The minimum atomic E-state index is -0.295. The van der Waals surface area contributed by atoms with Crippen LogP contribution < -0.4 is 34.4 Å². The largest absolute Gasteiger partial charge is 0.328 e. The molecule has 0 bridgehead atoms. The summed E-state index contributed by atoms with van der Waals surface area (Å²) in [5, 5.41) is 0. The van der Waals surface area contributed by atoms with E-state index in [1.807, 2.05) is 11.8 Å². The number of rotatable bonds is 10. The quantitative estimate of drug-likeness (QED) is 0.219. The van der Waals surface area contributed by atoms with Crippen molar-refractivity contribution < 1.29 is 0 Å². The Morgan fingerprint density at radius 1 is 0.778 bits per heavy atom. The van der Waals surface area contributed by atoms with Gasteiger partial charge >= 0.3 is 0 Å². The first-order chi connectivity index (χ1) is 8.51. The van der Waals surface area contributed by atoms with Crippen LogP contribution in [0.4, 0.5) is 0 Å². The van der Waals surface area contributed by atoms with Gasteiger partial charge in [0.1, 0.15) is 0 Å². The lowest BCUT2D eigenvalue weighted by Gasteiger charge is -2.35. The fraction of sp³-hybridized carbons (Fsp3) is 1.00. The third-order valence-electron chi connectivity index (χ3n) is 3.10. The second-order valence-corrected chi connectivity index (χ2v) is 4.28. The second kappa shape index (κ2) is 9.59. The van der Waals surface area contributed by atoms with Crippen LogP contribution in [0, 0.1) is 0 Å². The summed E-state index contributed by atoms with van der Waals surface area (Å²) in [6.07, 6.45) is -0.743. The Morgan fingerprint density at radius 2 is 1.22 bits per heavy atom. The van der Waals surface area contributed by atoms with Crippen LogP contribution in [0.25, 0.3) is 0 Å². The fourth-order valence-electron chi connectivity index (χ4n) is 1.80. The normalized spacial score (nSPS) is 17.2. The van der Waals surface area contributed by atoms with E-state index in [1.165, 1.54) is 0 Å². The average molecular weight is 262 g/mol. The topological polar surface area (TPSA) is 163 Å². The first kappa shape index (κ1) is 17.7. The zero-order valence-electron chi connectivity index (χ0n) is 11.3. The average Bonchev–Trinajstić information content (AvgIpc) is 2.41. The van der Waals surface area contributed by atoms with Gasteiger partial charge in [0.25, 0.3) is 0 Å². The van der Waals surface area contributed by atoms with E-state index in [-0.39, 0.29) is 18.5 Å². The van der Waals surface area contributed by atoms with Crippen LogP contribution in [0.5, 0.6) is 0 Å². The van der Waals surface area contributed by atoms with Crippen molar-refractivity contribution in [3.05, 3.63) is 0 Å². The first-order valence-electron chi connectivity index (χ1n) is 6.38. The van der Waals surface area contributed by atoms with Crippen molar-refractivity contribution in [2.45, 2.75) is 25.4 Å². The molecule has 18 heavy (non-hydrogen) atoms. The molecule has 0 aliphatic carbocycles. The molecular formula is C10H30N8. The van der Waals surface area contributed by atoms with Crippen LogP contribution in [-0.2, 0) is 0 Å². The Kier molecular flexibility index (Phi) is 9.42. The SMILES string of the molecule is CCN(CCN(C(N)CN)C(N)CN)C(N)CN. The molecule has 110 valence electrons. The predicted octanol–water partition coefficient (Wildman–Crippen LogP) is -3.66. The minimum absolute atomic E-state index is 0.153. The predicted molar refractivity (Wildman–Crippen MR) is 75.0 cm³/mol. The van der Waals surface area contributed by atoms with Gasteiger partial charge in [-0.05, 0) is 6.54 Å². The summed E-state index contributed by atoms with van der Waals surface area (Å²) < 4.78 is 0. The van der Waals surface area contributed by atoms with E-state index >= 15 is 0 Å². The monoisotopic (exact) mass is 262 g/mol. The maximum atomic E-state index is 5.92. The molecule has 0 aliphatic rings. The lowest BCUT2D eigenvalue weighted by Crippen LogP contribution is -2.60. The van der Waals surface area contributed by atoms with Gasteiger partial charge in [0, 0.05) is 32.7 Å². The molecule has 0 spiro atoms. The van der Waals surface area contributed by atoms with Crippen molar-refractivity contribution in [1.29, 1.82) is 0 Å². The van der Waals surface area contributed by atoms with Crippen molar-refractivity contribution >= 4 is 0 Å². The summed E-state index contributed by atoms with van der Waals surface area (Å²) in [6.45, 7) is 5.34. The number of nitrogens with zero attached hydrogens (tertiary/aromatic N) is 2. The van der Waals surface area contributed by atoms with Crippen molar-refractivity contribution in [1.82, 2.24) is 9.80 Å². The Hall–Kier alpha value is -0.320. The summed E-state index contributed by atoms with van der Waals surface area (Å²) in [6, 6.07) is 0. The third-order valence-corrected chi connectivity index (χ3v) is 3.10. The molecule has 3 unspecified atom stereocenters. The standard InChI is InChI=1S/C10H30N8/c1-2-17(8(14)5-11)3-4-18(9(15)6-12)10(16)7-13/h8-10H,2-7,11-16H2,1H3. The lowest BCUT2D eigenvalue weighted by molar-refractivity contribution is 0.110. The summed E-state index contributed by atoms with van der Waals surface area (Å²) >= 11 is 0. The molecule has 0 heterocycles. The summed E-state index contributed by atoms with van der Waals surface area (Å²) in [7, 11) is 0. The molecule has 0 amide bonds. The van der Waals surface area contributed by atoms with E-state index in [0.717, 1.165) is 13.1 Å². The summed E-state index contributed by atoms with van der Waals surface area (Å²) in [5.41, 5.74) is 34.4. The molecule has 8 nitrogen and oxygen atoms in total. The fourth-order valence-corrected chi connectivity index (χ4v) is 1.80. The Bertz CT molecular complexity index is 192. The number of hydrogen-bond donors (Lipinski definition) is 6. The molecule has 12 N–H and O–H groups in total. The number of nitrogens with two attached hydrogens (primary N) is 6. The van der Waals surface area contributed by atoms with Gasteiger partial charge in [0.15, 0.2) is 0 Å². The number of hydrogen-bond acceptors (Lipinski definition) is 8. The van der Waals surface area contributed by atoms with Gasteiger partial charge in [0.05, 0.1) is 18.5 Å². The highest BCUT2D eigenvalue weighted by Gasteiger charge is 2.20. The van der Waals surface area contributed by atoms with Gasteiger partial charge in [-0.2, -0.15) is 0 Å². The van der Waals surface area contributed by atoms with Gasteiger partial charge in [-0.15, -0.1) is 0 Å². The van der Waals surface area contributed by atoms with E-state index in [9.17, 15) is 0 Å². The van der Waals surface area contributed by atoms with Crippen molar-refractivity contribution in [2.75, 3.05) is 39.3 Å². The summed E-state index contributed by atoms with van der Waals surface area (Å²) in [4.78, 5) is 3.96. The smallest absolute Gasteiger partial charge is 0.0711 e. The molecule has 0 aromatic heterocycles. The highest BCUT2D eigenvalue weighted by molar-refractivity contribution is 4.76. The highest BCUT2D eigenvalue weighted by atomic mass is 15.3. The zero-order valence-corrected chi connectivity index (χ0v) is 11.3. The summed E-state index contributed by atoms with van der Waals surface area (Å²) in [5.74, 6) is 0. The molecule has 0 radical (unpaired) electrons. The molecule has 3 atom stereocenters. The molecule has 0 aliphatic heterocycles. The van der Waals surface area contributed by atoms with Gasteiger partial charge < -0.3 is 34.4 Å². The zero-order chi connectivity index (χ0) is 14.1. The molecule has 0 rings (SSSR count). The van der Waals surface area contributed by atoms with E-state index in [0.29, 0.717) is 26.2 Å². The maximum absolute atomic E-state index is 5.92. The molecule has 0 aromatic carbocycles. The van der Waals surface area contributed by atoms with E-state index in [4.69, 9.17) is 34.4 Å². The minimum Gasteiger partial charge on any atom is -0.328 e. The van der Waals surface area contributed by atoms with Crippen molar-refractivity contribution in [3.63, 3.8) is 0 Å². The van der Waals surface area contributed by atoms with Crippen molar-refractivity contribution in [3.8, 4) is 0 Å². The van der Waals surface area contributed by atoms with Gasteiger partial charge in [-0.1, -0.05) is 6.92 Å². The van der Waals surface area contributed by atoms with Crippen LogP contribution in [0.1, 0.15) is 6.92 Å². The Labute approximate surface area is 110 Å². The maximum Gasteiger partial charge on any atom is 0.0711 e. The lowest BCUT2D eigenvalue weighted by atomic mass is 10.3. The Balaban J connectivity index is 4.40. The van der Waals surface area contributed by atoms with E-state index in [1.54, 1.807) is 0 Å². The highest BCUT2D eigenvalue weighted by Crippen LogP contribution is 1.99. The van der Waals surface area contributed by atoms with Crippen LogP contribution in [0.3, 0.4) is 0 Å². The molecule has 8 heteroatoms. The Morgan fingerprint density at radius 3 is 1.56 bits per heavy atom. The van der Waals surface area contributed by atoms with Crippen LogP contribution in [-0.4, -0.2) is 67.6 Å². The molecule has 0 aromatic rings. The van der Waals surface area contributed by atoms with Crippen LogP contribution in [0.15, 0.2) is 0 Å². The van der Waals surface area contributed by atoms with Crippen molar-refractivity contribution in [2.24, 2.45) is 34.4 Å². The third kappa shape index (κ3) is 5.55.